The summed E-state index contributed by atoms with van der Waals surface area (Å²) in [6, 6.07) is 11.8. The van der Waals surface area contributed by atoms with Crippen LogP contribution in [-0.2, 0) is 0 Å². The molecule has 36 heavy (non-hydrogen) atoms. The Morgan fingerprint density at radius 2 is 1.94 bits per heavy atom. The van der Waals surface area contributed by atoms with Crippen molar-refractivity contribution in [1.82, 2.24) is 39.7 Å². The van der Waals surface area contributed by atoms with Crippen LogP contribution in [0, 0.1) is 5.92 Å². The van der Waals surface area contributed by atoms with Gasteiger partial charge < -0.3 is 0 Å². The average Bonchev–Trinajstić information content (AvgIpc) is 3.60. The zero-order valence-corrected chi connectivity index (χ0v) is 20.3. The molecule has 0 saturated heterocycles. The maximum atomic E-state index is 13.5. The highest BCUT2D eigenvalue weighted by molar-refractivity contribution is 7.24. The first kappa shape index (κ1) is 20.9. The van der Waals surface area contributed by atoms with E-state index in [0.29, 0.717) is 34.4 Å². The van der Waals surface area contributed by atoms with Gasteiger partial charge in [-0.15, -0.1) is 11.3 Å². The minimum absolute atomic E-state index is 0.0165. The summed E-state index contributed by atoms with van der Waals surface area (Å²) in [5.41, 5.74) is 5.47. The Balaban J connectivity index is 1.70. The molecular weight excluding hydrogens is 472 g/mol. The van der Waals surface area contributed by atoms with Crippen LogP contribution in [0.3, 0.4) is 0 Å². The van der Waals surface area contributed by atoms with Gasteiger partial charge in [-0.05, 0) is 42.3 Å². The Labute approximate surface area is 207 Å². The maximum Gasteiger partial charge on any atom is 0.232 e. The summed E-state index contributed by atoms with van der Waals surface area (Å²) in [7, 11) is 0. The molecule has 2 aliphatic heterocycles. The number of hydrogen-bond acceptors (Lipinski definition) is 7. The lowest BCUT2D eigenvalue weighted by Crippen LogP contribution is -2.13. The van der Waals surface area contributed by atoms with Gasteiger partial charge in [0, 0.05) is 34.3 Å². The zero-order valence-electron chi connectivity index (χ0n) is 19.5. The summed E-state index contributed by atoms with van der Waals surface area (Å²) in [4.78, 5) is 37.8. The number of pyridine rings is 3. The molecule has 0 spiro atoms. The number of carbonyl (C=O) groups excluding carboxylic acids is 1. The molecule has 0 amide bonds. The van der Waals surface area contributed by atoms with Crippen LogP contribution in [0.2, 0.25) is 0 Å². The molecule has 7 heterocycles. The van der Waals surface area contributed by atoms with E-state index in [-0.39, 0.29) is 11.8 Å². The maximum absolute atomic E-state index is 13.5. The minimum Gasteiger partial charge on any atom is -0.298 e. The molecule has 176 valence electrons. The van der Waals surface area contributed by atoms with E-state index in [1.807, 2.05) is 50.2 Å². The molecule has 0 unspecified atom stereocenters. The van der Waals surface area contributed by atoms with Crippen LogP contribution in [0.25, 0.3) is 65.1 Å². The van der Waals surface area contributed by atoms with Crippen LogP contribution in [0.15, 0.2) is 55.0 Å². The summed E-state index contributed by atoms with van der Waals surface area (Å²) in [5, 5.41) is 8.07. The van der Waals surface area contributed by atoms with Crippen LogP contribution in [-0.4, -0.2) is 45.6 Å². The number of imidazole rings is 1. The summed E-state index contributed by atoms with van der Waals surface area (Å²) in [6.07, 6.45) is 5.65. The normalized spacial score (nSPS) is 12.1. The number of aromatic nitrogens is 8. The molecule has 0 fully saturated rings. The number of carbonyl (C=O) groups is 1. The van der Waals surface area contributed by atoms with Crippen LogP contribution in [0.1, 0.15) is 25.1 Å². The second kappa shape index (κ2) is 7.79. The molecule has 8 bridgehead atoms. The SMILES string of the molecule is CC(C)CC(=O)n1c2cncc(c2)c2ccc3[nH][nH]c(c4nc5nccc(c6ccc1s6)c5n4)-c3n2. The van der Waals surface area contributed by atoms with Crippen LogP contribution in [0.4, 0.5) is 0 Å². The second-order valence-corrected chi connectivity index (χ2v) is 10.3. The third-order valence-electron chi connectivity index (χ3n) is 6.20. The van der Waals surface area contributed by atoms with Gasteiger partial charge in [0.25, 0.3) is 0 Å². The minimum atomic E-state index is 0.0165. The number of nitrogens with one attached hydrogen (secondary N) is 2. The number of nitrogens with zero attached hydrogens (tertiary/aromatic N) is 6. The van der Waals surface area contributed by atoms with Crippen LogP contribution in [0.5, 0.6) is 0 Å². The molecule has 9 nitrogen and oxygen atoms in total. The number of H-pyrrole nitrogens is 2. The van der Waals surface area contributed by atoms with Gasteiger partial charge in [-0.2, -0.15) is 0 Å². The number of fused-ring (bicyclic) bond motifs is 9. The number of aromatic amines is 2. The van der Waals surface area contributed by atoms with Crippen molar-refractivity contribution in [2.24, 2.45) is 5.92 Å². The van der Waals surface area contributed by atoms with Gasteiger partial charge in [-0.1, -0.05) is 13.8 Å². The number of thiophene rings is 1. The van der Waals surface area contributed by atoms with Gasteiger partial charge >= 0.3 is 0 Å². The Morgan fingerprint density at radius 1 is 1.03 bits per heavy atom. The highest BCUT2D eigenvalue weighted by Gasteiger charge is 2.17. The van der Waals surface area contributed by atoms with E-state index >= 15 is 0 Å². The molecule has 5 aromatic rings. The lowest BCUT2D eigenvalue weighted by molar-refractivity contribution is 0.0897. The summed E-state index contributed by atoms with van der Waals surface area (Å²) in [6.45, 7) is 4.09. The Bertz CT molecular complexity index is 1990. The molecule has 0 saturated carbocycles. The van der Waals surface area contributed by atoms with Gasteiger partial charge in [0.2, 0.25) is 5.91 Å². The molecule has 0 aliphatic carbocycles. The fourth-order valence-corrected chi connectivity index (χ4v) is 5.63. The Morgan fingerprint density at radius 3 is 2.83 bits per heavy atom. The van der Waals surface area contributed by atoms with E-state index in [2.05, 4.69) is 20.2 Å². The van der Waals surface area contributed by atoms with Gasteiger partial charge in [0.15, 0.2) is 11.3 Å². The predicted molar refractivity (Wildman–Crippen MR) is 142 cm³/mol. The van der Waals surface area contributed by atoms with E-state index < -0.39 is 0 Å². The smallest absolute Gasteiger partial charge is 0.232 e. The number of hydrogen-bond donors (Lipinski definition) is 2. The van der Waals surface area contributed by atoms with Crippen molar-refractivity contribution < 1.29 is 4.79 Å². The van der Waals surface area contributed by atoms with Gasteiger partial charge in [0.1, 0.15) is 21.7 Å². The van der Waals surface area contributed by atoms with Crippen molar-refractivity contribution in [2.45, 2.75) is 20.3 Å². The highest BCUT2D eigenvalue weighted by atomic mass is 32.1. The van der Waals surface area contributed by atoms with E-state index in [0.717, 1.165) is 37.0 Å². The first-order valence-electron chi connectivity index (χ1n) is 11.6. The highest BCUT2D eigenvalue weighted by Crippen LogP contribution is 2.31. The van der Waals surface area contributed by atoms with Crippen molar-refractivity contribution in [3.05, 3.63) is 55.0 Å². The van der Waals surface area contributed by atoms with E-state index in [4.69, 9.17) is 15.0 Å². The van der Waals surface area contributed by atoms with Crippen LogP contribution < -0.4 is 0 Å². The third kappa shape index (κ3) is 3.22. The molecule has 2 aliphatic rings. The molecule has 0 aromatic carbocycles. The van der Waals surface area contributed by atoms with Crippen molar-refractivity contribution in [3.8, 4) is 11.4 Å². The van der Waals surface area contributed by atoms with Gasteiger partial charge in [0.05, 0.1) is 22.7 Å². The largest absolute Gasteiger partial charge is 0.298 e. The quantitative estimate of drug-likeness (QED) is 0.312. The molecule has 2 N–H and O–H groups in total. The van der Waals surface area contributed by atoms with Crippen molar-refractivity contribution in [3.63, 3.8) is 0 Å². The Hall–Kier alpha value is -4.44. The van der Waals surface area contributed by atoms with E-state index in [1.54, 1.807) is 23.2 Å². The molecule has 7 rings (SSSR count). The Kier molecular flexibility index (Phi) is 4.52. The summed E-state index contributed by atoms with van der Waals surface area (Å²) < 4.78 is 2.74. The first-order chi connectivity index (χ1) is 17.5. The lowest BCUT2D eigenvalue weighted by Gasteiger charge is -2.09. The van der Waals surface area contributed by atoms with E-state index in [9.17, 15) is 4.79 Å². The molecular formula is C26H20N8OS. The molecule has 0 atom stereocenters. The van der Waals surface area contributed by atoms with Gasteiger partial charge in [-0.3, -0.25) is 24.5 Å². The molecule has 5 aromatic heterocycles. The second-order valence-electron chi connectivity index (χ2n) is 9.19. The van der Waals surface area contributed by atoms with Gasteiger partial charge in [-0.25, -0.2) is 19.9 Å². The molecule has 10 heteroatoms. The standard InChI is InChI=1S/C26H20N8OS/c1-13(2)9-20(35)34-15-10-14(11-27-12-15)17-3-4-18-23(29-17)24(33-32-18)26-30-22-16(7-8-28-25(22)31-26)19-5-6-21(34)36-19/h3-8,10-13,32-33H,9H2,1-2H3. The third-order valence-corrected chi connectivity index (χ3v) is 7.30. The summed E-state index contributed by atoms with van der Waals surface area (Å²) >= 11 is 1.53. The lowest BCUT2D eigenvalue weighted by atomic mass is 10.1. The average molecular weight is 493 g/mol. The molecule has 0 radical (unpaired) electrons. The fourth-order valence-electron chi connectivity index (χ4n) is 4.56. The predicted octanol–water partition coefficient (Wildman–Crippen LogP) is 5.86. The monoisotopic (exact) mass is 492 g/mol. The van der Waals surface area contributed by atoms with Crippen molar-refractivity contribution in [2.75, 3.05) is 0 Å². The van der Waals surface area contributed by atoms with Crippen molar-refractivity contribution >= 4 is 70.9 Å². The van der Waals surface area contributed by atoms with E-state index in [1.165, 1.54) is 11.3 Å². The topological polar surface area (TPSA) is 118 Å². The van der Waals surface area contributed by atoms with Crippen molar-refractivity contribution in [1.29, 1.82) is 0 Å². The van der Waals surface area contributed by atoms with Crippen LogP contribution >= 0.6 is 11.3 Å². The fraction of sp³-hybridized carbons (Fsp3) is 0.154. The number of rotatable bonds is 2. The summed E-state index contributed by atoms with van der Waals surface area (Å²) in [5.74, 6) is 0.234. The first-order valence-corrected chi connectivity index (χ1v) is 12.5. The zero-order chi connectivity index (χ0) is 24.4.